The molecule has 0 bridgehead atoms. The van der Waals surface area contributed by atoms with E-state index in [1.165, 1.54) is 0 Å². The van der Waals surface area contributed by atoms with E-state index in [-0.39, 0.29) is 6.10 Å². The number of likely N-dealkylation sites (N-methyl/N-ethyl adjacent to an activating group) is 1. The number of carbonyl (C=O) groups is 1. The molecule has 90 valence electrons. The average Bonchev–Trinajstić information content (AvgIpc) is 2.09. The van der Waals surface area contributed by atoms with Crippen LogP contribution in [-0.2, 0) is 4.79 Å². The molecule has 0 aromatic rings. The van der Waals surface area contributed by atoms with E-state index in [4.69, 9.17) is 10.2 Å². The Morgan fingerprint density at radius 1 is 1.33 bits per heavy atom. The van der Waals surface area contributed by atoms with Gasteiger partial charge in [-0.2, -0.15) is 0 Å². The van der Waals surface area contributed by atoms with Crippen molar-refractivity contribution in [2.75, 3.05) is 13.6 Å². The van der Waals surface area contributed by atoms with Crippen LogP contribution in [0.5, 0.6) is 0 Å². The Balaban J connectivity index is 4.16. The van der Waals surface area contributed by atoms with Gasteiger partial charge in [-0.1, -0.05) is 13.8 Å². The topological polar surface area (TPSA) is 60.8 Å². The zero-order chi connectivity index (χ0) is 12.0. The van der Waals surface area contributed by atoms with Gasteiger partial charge in [-0.3, -0.25) is 9.69 Å². The van der Waals surface area contributed by atoms with Crippen molar-refractivity contribution < 1.29 is 15.0 Å². The van der Waals surface area contributed by atoms with Crippen molar-refractivity contribution in [2.45, 2.75) is 45.8 Å². The third-order valence-corrected chi connectivity index (χ3v) is 2.41. The molecule has 4 heteroatoms. The van der Waals surface area contributed by atoms with E-state index >= 15 is 0 Å². The summed E-state index contributed by atoms with van der Waals surface area (Å²) < 4.78 is 0. The highest BCUT2D eigenvalue weighted by Gasteiger charge is 2.23. The van der Waals surface area contributed by atoms with Crippen molar-refractivity contribution in [3.8, 4) is 0 Å². The fourth-order valence-corrected chi connectivity index (χ4v) is 1.46. The molecule has 0 amide bonds. The van der Waals surface area contributed by atoms with E-state index in [9.17, 15) is 4.79 Å². The molecule has 2 atom stereocenters. The molecule has 2 unspecified atom stereocenters. The van der Waals surface area contributed by atoms with E-state index in [1.54, 1.807) is 18.9 Å². The maximum atomic E-state index is 11.0. The maximum Gasteiger partial charge on any atom is 0.320 e. The highest BCUT2D eigenvalue weighted by molar-refractivity contribution is 5.73. The standard InChI is InChI=1S/C11H23NO3/c1-8(2)7-10(11(14)15)12(4)6-5-9(3)13/h8-10,13H,5-7H2,1-4H3,(H,14,15). The molecule has 15 heavy (non-hydrogen) atoms. The molecule has 0 aliphatic heterocycles. The number of hydrogen-bond donors (Lipinski definition) is 2. The lowest BCUT2D eigenvalue weighted by Gasteiger charge is -2.26. The summed E-state index contributed by atoms with van der Waals surface area (Å²) in [6.07, 6.45) is 0.880. The molecule has 0 fully saturated rings. The molecule has 0 aliphatic rings. The zero-order valence-electron chi connectivity index (χ0n) is 10.1. The number of nitrogens with zero attached hydrogens (tertiary/aromatic N) is 1. The molecule has 2 N–H and O–H groups in total. The van der Waals surface area contributed by atoms with E-state index in [1.807, 2.05) is 13.8 Å². The minimum absolute atomic E-state index is 0.361. The predicted molar refractivity (Wildman–Crippen MR) is 59.8 cm³/mol. The number of aliphatic hydroxyl groups is 1. The van der Waals surface area contributed by atoms with Gasteiger partial charge in [-0.25, -0.2) is 0 Å². The smallest absolute Gasteiger partial charge is 0.320 e. The average molecular weight is 217 g/mol. The fraction of sp³-hybridized carbons (Fsp3) is 0.909. The van der Waals surface area contributed by atoms with E-state index < -0.39 is 12.0 Å². The molecule has 0 saturated carbocycles. The molecule has 0 aliphatic carbocycles. The number of hydrogen-bond acceptors (Lipinski definition) is 3. The highest BCUT2D eigenvalue weighted by atomic mass is 16.4. The Labute approximate surface area is 91.9 Å². The van der Waals surface area contributed by atoms with Gasteiger partial charge in [-0.15, -0.1) is 0 Å². The largest absolute Gasteiger partial charge is 0.480 e. The van der Waals surface area contributed by atoms with E-state index in [0.717, 1.165) is 0 Å². The second-order valence-corrected chi connectivity index (χ2v) is 4.60. The van der Waals surface area contributed by atoms with Crippen LogP contribution >= 0.6 is 0 Å². The molecule has 0 heterocycles. The van der Waals surface area contributed by atoms with Gasteiger partial charge in [-0.05, 0) is 32.7 Å². The highest BCUT2D eigenvalue weighted by Crippen LogP contribution is 2.11. The molecule has 0 saturated heterocycles. The quantitative estimate of drug-likeness (QED) is 0.672. The maximum absolute atomic E-state index is 11.0. The summed E-state index contributed by atoms with van der Waals surface area (Å²) >= 11 is 0. The van der Waals surface area contributed by atoms with Gasteiger partial charge in [0.1, 0.15) is 6.04 Å². The molecule has 0 rings (SSSR count). The molecule has 0 aromatic carbocycles. The molecule has 4 nitrogen and oxygen atoms in total. The van der Waals surface area contributed by atoms with Crippen LogP contribution in [-0.4, -0.2) is 46.8 Å². The summed E-state index contributed by atoms with van der Waals surface area (Å²) in [5, 5.41) is 18.2. The summed E-state index contributed by atoms with van der Waals surface area (Å²) in [4.78, 5) is 12.8. The number of carboxylic acids is 1. The van der Waals surface area contributed by atoms with Gasteiger partial charge < -0.3 is 10.2 Å². The number of carboxylic acid groups (broad SMARTS) is 1. The second-order valence-electron chi connectivity index (χ2n) is 4.60. The van der Waals surface area contributed by atoms with E-state index in [0.29, 0.717) is 25.3 Å². The molecule has 0 radical (unpaired) electrons. The molecular weight excluding hydrogens is 194 g/mol. The first-order valence-corrected chi connectivity index (χ1v) is 5.45. The number of rotatable bonds is 7. The summed E-state index contributed by atoms with van der Waals surface area (Å²) in [5.74, 6) is -0.420. The Morgan fingerprint density at radius 2 is 1.87 bits per heavy atom. The summed E-state index contributed by atoms with van der Waals surface area (Å²) in [6, 6.07) is -0.441. The summed E-state index contributed by atoms with van der Waals surface area (Å²) in [5.41, 5.74) is 0. The Kier molecular flexibility index (Phi) is 6.52. The molecule has 0 aromatic heterocycles. The normalized spacial score (nSPS) is 15.7. The first-order valence-electron chi connectivity index (χ1n) is 5.45. The first-order chi connectivity index (χ1) is 6.84. The fourth-order valence-electron chi connectivity index (χ4n) is 1.46. The minimum atomic E-state index is -0.781. The molecular formula is C11H23NO3. The number of aliphatic carboxylic acids is 1. The second kappa shape index (κ2) is 6.80. The van der Waals surface area contributed by atoms with Crippen molar-refractivity contribution in [2.24, 2.45) is 5.92 Å². The van der Waals surface area contributed by atoms with Gasteiger partial charge in [0.05, 0.1) is 6.10 Å². The predicted octanol–water partition coefficient (Wildman–Crippen LogP) is 1.19. The lowest BCUT2D eigenvalue weighted by atomic mass is 10.0. The number of aliphatic hydroxyl groups excluding tert-OH is 1. The molecule has 0 spiro atoms. The van der Waals surface area contributed by atoms with Gasteiger partial charge in [0.25, 0.3) is 0 Å². The first kappa shape index (κ1) is 14.4. The van der Waals surface area contributed by atoms with Gasteiger partial charge in [0, 0.05) is 6.54 Å². The lowest BCUT2D eigenvalue weighted by molar-refractivity contribution is -0.143. The third-order valence-electron chi connectivity index (χ3n) is 2.41. The Bertz CT molecular complexity index is 192. The van der Waals surface area contributed by atoms with Crippen LogP contribution in [0.1, 0.15) is 33.6 Å². The van der Waals surface area contributed by atoms with Crippen LogP contribution < -0.4 is 0 Å². The van der Waals surface area contributed by atoms with Crippen LogP contribution in [0.2, 0.25) is 0 Å². The van der Waals surface area contributed by atoms with Crippen molar-refractivity contribution in [1.82, 2.24) is 4.90 Å². The van der Waals surface area contributed by atoms with Gasteiger partial charge >= 0.3 is 5.97 Å². The van der Waals surface area contributed by atoms with Crippen molar-refractivity contribution >= 4 is 5.97 Å². The van der Waals surface area contributed by atoms with E-state index in [2.05, 4.69) is 0 Å². The van der Waals surface area contributed by atoms with Crippen LogP contribution in [0.3, 0.4) is 0 Å². The van der Waals surface area contributed by atoms with Crippen LogP contribution in [0.4, 0.5) is 0 Å². The van der Waals surface area contributed by atoms with Gasteiger partial charge in [0.2, 0.25) is 0 Å². The zero-order valence-corrected chi connectivity index (χ0v) is 10.1. The minimum Gasteiger partial charge on any atom is -0.480 e. The van der Waals surface area contributed by atoms with Gasteiger partial charge in [0.15, 0.2) is 0 Å². The summed E-state index contributed by atoms with van der Waals surface area (Å²) in [6.45, 7) is 6.35. The lowest BCUT2D eigenvalue weighted by Crippen LogP contribution is -2.40. The Morgan fingerprint density at radius 3 is 2.20 bits per heavy atom. The van der Waals surface area contributed by atoms with Crippen LogP contribution in [0, 0.1) is 5.92 Å². The Hall–Kier alpha value is -0.610. The van der Waals surface area contributed by atoms with Crippen molar-refractivity contribution in [3.63, 3.8) is 0 Å². The third kappa shape index (κ3) is 6.47. The van der Waals surface area contributed by atoms with Crippen molar-refractivity contribution in [1.29, 1.82) is 0 Å². The van der Waals surface area contributed by atoms with Crippen molar-refractivity contribution in [3.05, 3.63) is 0 Å². The monoisotopic (exact) mass is 217 g/mol. The summed E-state index contributed by atoms with van der Waals surface area (Å²) in [7, 11) is 1.80. The van der Waals surface area contributed by atoms with Crippen LogP contribution in [0.15, 0.2) is 0 Å². The van der Waals surface area contributed by atoms with Crippen LogP contribution in [0.25, 0.3) is 0 Å². The SMILES string of the molecule is CC(C)CC(C(=O)O)N(C)CCC(C)O.